The Morgan fingerprint density at radius 3 is 2.48 bits per heavy atom. The van der Waals surface area contributed by atoms with Gasteiger partial charge in [-0.3, -0.25) is 0 Å². The Morgan fingerprint density at radius 2 is 1.95 bits per heavy atom. The zero-order chi connectivity index (χ0) is 15.8. The number of nitrogens with zero attached hydrogens (tertiary/aromatic N) is 3. The molecule has 0 fully saturated rings. The van der Waals surface area contributed by atoms with Crippen molar-refractivity contribution in [2.75, 3.05) is 7.05 Å². The number of rotatable bonds is 5. The van der Waals surface area contributed by atoms with E-state index in [0.717, 1.165) is 11.3 Å². The second-order valence-corrected chi connectivity index (χ2v) is 5.47. The van der Waals surface area contributed by atoms with Crippen molar-refractivity contribution in [1.82, 2.24) is 5.32 Å². The molecule has 1 rings (SSSR count). The van der Waals surface area contributed by atoms with E-state index in [1.54, 1.807) is 31.3 Å². The predicted octanol–water partition coefficient (Wildman–Crippen LogP) is 2.81. The second-order valence-electron chi connectivity index (χ2n) is 4.32. The van der Waals surface area contributed by atoms with Gasteiger partial charge in [0.15, 0.2) is 4.90 Å². The summed E-state index contributed by atoms with van der Waals surface area (Å²) >= 11 is -1.58. The average molecular weight is 305 g/mol. The number of hydrogen-bond acceptors (Lipinski definition) is 4. The lowest BCUT2D eigenvalue weighted by atomic mass is 10.3. The number of guanidine groups is 1. The fourth-order valence-electron chi connectivity index (χ4n) is 1.52. The molecule has 21 heavy (non-hydrogen) atoms. The zero-order valence-electron chi connectivity index (χ0n) is 12.3. The van der Waals surface area contributed by atoms with E-state index in [-0.39, 0.29) is 5.96 Å². The summed E-state index contributed by atoms with van der Waals surface area (Å²) in [5.41, 5.74) is 8.06. The second kappa shape index (κ2) is 8.23. The predicted molar refractivity (Wildman–Crippen MR) is 86.6 cm³/mol. The van der Waals surface area contributed by atoms with Crippen molar-refractivity contribution in [3.05, 3.63) is 48.2 Å². The molecule has 0 saturated heterocycles. The number of nitrogens with two attached hydrogens (primary N) is 1. The summed E-state index contributed by atoms with van der Waals surface area (Å²) in [6, 6.07) is 6.78. The third-order valence-electron chi connectivity index (χ3n) is 2.22. The Kier molecular flexibility index (Phi) is 6.64. The molecule has 0 aliphatic rings. The zero-order valence-corrected chi connectivity index (χ0v) is 13.1. The van der Waals surface area contributed by atoms with E-state index in [9.17, 15) is 4.55 Å². The maximum Gasteiger partial charge on any atom is 0.247 e. The van der Waals surface area contributed by atoms with E-state index in [2.05, 4.69) is 26.5 Å². The van der Waals surface area contributed by atoms with Crippen LogP contribution in [-0.2, 0) is 11.4 Å². The lowest BCUT2D eigenvalue weighted by molar-refractivity contribution is 0.596. The summed E-state index contributed by atoms with van der Waals surface area (Å²) < 4.78 is 15.9. The normalized spacial score (nSPS) is 14.3. The van der Waals surface area contributed by atoms with Gasteiger partial charge >= 0.3 is 0 Å². The molecule has 6 nitrogen and oxygen atoms in total. The van der Waals surface area contributed by atoms with Crippen molar-refractivity contribution in [3.63, 3.8) is 0 Å². The minimum absolute atomic E-state index is 0.0839. The van der Waals surface area contributed by atoms with Gasteiger partial charge in [0.1, 0.15) is 11.4 Å². The Bertz CT molecular complexity index is 578. The largest absolute Gasteiger partial charge is 0.586 e. The molecule has 0 aliphatic heterocycles. The van der Waals surface area contributed by atoms with Crippen molar-refractivity contribution in [3.8, 4) is 0 Å². The fraction of sp³-hybridized carbons (Fsp3) is 0.214. The first-order valence-corrected chi connectivity index (χ1v) is 7.30. The standard InChI is InChI=1S/C14H19N5OS/c1-10(2)9-11(3)17-14(15)19-21(20)13-7-5-12(6-8-13)18-16-4/h5-9H,1H2,2-4H3,(H3,15,17,19)/b11-9-,18-16?. The quantitative estimate of drug-likeness (QED) is 0.288. The monoisotopic (exact) mass is 305 g/mol. The van der Waals surface area contributed by atoms with Gasteiger partial charge in [-0.2, -0.15) is 10.2 Å². The maximum atomic E-state index is 12.0. The van der Waals surface area contributed by atoms with Crippen LogP contribution in [0.25, 0.3) is 0 Å². The van der Waals surface area contributed by atoms with E-state index in [4.69, 9.17) is 5.73 Å². The van der Waals surface area contributed by atoms with Gasteiger partial charge in [-0.1, -0.05) is 12.2 Å². The van der Waals surface area contributed by atoms with Crippen LogP contribution >= 0.6 is 0 Å². The molecule has 0 bridgehead atoms. The summed E-state index contributed by atoms with van der Waals surface area (Å²) in [5, 5.41) is 10.4. The summed E-state index contributed by atoms with van der Waals surface area (Å²) in [5.74, 6) is 0.0839. The molecule has 3 N–H and O–H groups in total. The van der Waals surface area contributed by atoms with Crippen LogP contribution in [-0.4, -0.2) is 17.6 Å². The Balaban J connectivity index is 2.76. The van der Waals surface area contributed by atoms with Crippen molar-refractivity contribution in [2.45, 2.75) is 18.7 Å². The van der Waals surface area contributed by atoms with Crippen molar-refractivity contribution in [1.29, 1.82) is 0 Å². The van der Waals surface area contributed by atoms with Gasteiger partial charge in [-0.25, -0.2) is 0 Å². The number of allylic oxidation sites excluding steroid dienone is 3. The van der Waals surface area contributed by atoms with Crippen LogP contribution in [0.4, 0.5) is 5.69 Å². The van der Waals surface area contributed by atoms with Crippen LogP contribution in [0.5, 0.6) is 0 Å². The number of benzene rings is 1. The van der Waals surface area contributed by atoms with Gasteiger partial charge < -0.3 is 15.6 Å². The highest BCUT2D eigenvalue weighted by Crippen LogP contribution is 2.18. The molecule has 0 radical (unpaired) electrons. The maximum absolute atomic E-state index is 12.0. The summed E-state index contributed by atoms with van der Waals surface area (Å²) in [4.78, 5) is 0.538. The van der Waals surface area contributed by atoms with Crippen molar-refractivity contribution < 1.29 is 4.55 Å². The van der Waals surface area contributed by atoms with Gasteiger partial charge in [0.25, 0.3) is 0 Å². The first kappa shape index (κ1) is 16.9. The van der Waals surface area contributed by atoms with Gasteiger partial charge in [-0.15, -0.1) is 0 Å². The highest BCUT2D eigenvalue weighted by atomic mass is 32.2. The van der Waals surface area contributed by atoms with Crippen LogP contribution in [0.15, 0.2) is 67.7 Å². The third kappa shape index (κ3) is 6.24. The molecule has 7 heteroatoms. The number of hydrogen-bond donors (Lipinski definition) is 2. The lowest BCUT2D eigenvalue weighted by Gasteiger charge is -2.07. The van der Waals surface area contributed by atoms with Gasteiger partial charge in [0.2, 0.25) is 5.96 Å². The molecule has 0 saturated carbocycles. The molecular weight excluding hydrogens is 286 g/mol. The van der Waals surface area contributed by atoms with Crippen LogP contribution < -0.4 is 11.1 Å². The van der Waals surface area contributed by atoms with E-state index >= 15 is 0 Å². The van der Waals surface area contributed by atoms with Crippen LogP contribution in [0, 0.1) is 0 Å². The minimum atomic E-state index is -1.58. The fourth-order valence-corrected chi connectivity index (χ4v) is 2.22. The highest BCUT2D eigenvalue weighted by molar-refractivity contribution is 7.90. The molecule has 0 spiro atoms. The highest BCUT2D eigenvalue weighted by Gasteiger charge is 2.11. The molecule has 0 aliphatic carbocycles. The first-order valence-electron chi connectivity index (χ1n) is 6.19. The van der Waals surface area contributed by atoms with Gasteiger partial charge in [-0.05, 0) is 48.6 Å². The molecule has 0 heterocycles. The average Bonchev–Trinajstić information content (AvgIpc) is 2.38. The van der Waals surface area contributed by atoms with E-state index in [1.165, 1.54) is 0 Å². The molecule has 1 unspecified atom stereocenters. The van der Waals surface area contributed by atoms with Gasteiger partial charge in [0.05, 0.1) is 5.69 Å². The summed E-state index contributed by atoms with van der Waals surface area (Å²) in [6.45, 7) is 7.45. The van der Waals surface area contributed by atoms with E-state index in [1.807, 2.05) is 19.9 Å². The lowest BCUT2D eigenvalue weighted by Crippen LogP contribution is -2.31. The minimum Gasteiger partial charge on any atom is -0.586 e. The smallest absolute Gasteiger partial charge is 0.247 e. The Hall–Kier alpha value is -2.12. The molecule has 0 aromatic heterocycles. The summed E-state index contributed by atoms with van der Waals surface area (Å²) in [7, 11) is 1.59. The van der Waals surface area contributed by atoms with Crippen molar-refractivity contribution in [2.24, 2.45) is 20.4 Å². The van der Waals surface area contributed by atoms with Crippen LogP contribution in [0.3, 0.4) is 0 Å². The molecule has 1 atom stereocenters. The molecular formula is C14H19N5OS. The van der Waals surface area contributed by atoms with Crippen LogP contribution in [0.2, 0.25) is 0 Å². The molecule has 112 valence electrons. The van der Waals surface area contributed by atoms with Gasteiger partial charge in [0, 0.05) is 12.7 Å². The van der Waals surface area contributed by atoms with E-state index in [0.29, 0.717) is 10.6 Å². The first-order chi connectivity index (χ1) is 9.92. The molecule has 1 aromatic carbocycles. The van der Waals surface area contributed by atoms with Crippen LogP contribution in [0.1, 0.15) is 13.8 Å². The Morgan fingerprint density at radius 1 is 1.33 bits per heavy atom. The topological polar surface area (TPSA) is 98.2 Å². The Labute approximate surface area is 127 Å². The molecule has 0 amide bonds. The summed E-state index contributed by atoms with van der Waals surface area (Å²) in [6.07, 6.45) is 1.82. The van der Waals surface area contributed by atoms with E-state index < -0.39 is 11.4 Å². The molecule has 1 aromatic rings. The van der Waals surface area contributed by atoms with Crippen molar-refractivity contribution >= 4 is 23.0 Å². The number of azo groups is 1. The number of nitrogens with one attached hydrogen (secondary N) is 1. The third-order valence-corrected chi connectivity index (χ3v) is 3.26. The SMILES string of the molecule is C=C(C)/C=C(/C)NC(N)=N[S+]([O-])c1ccc(N=NC)cc1.